The van der Waals surface area contributed by atoms with Gasteiger partial charge in [-0.25, -0.2) is 4.98 Å². The van der Waals surface area contributed by atoms with E-state index in [2.05, 4.69) is 9.97 Å². The van der Waals surface area contributed by atoms with E-state index in [4.69, 9.17) is 9.47 Å². The number of nitrogens with zero attached hydrogens (tertiary/aromatic N) is 1. The van der Waals surface area contributed by atoms with Gasteiger partial charge in [0.25, 0.3) is 5.56 Å². The summed E-state index contributed by atoms with van der Waals surface area (Å²) < 4.78 is 10.1. The zero-order chi connectivity index (χ0) is 15.8. The number of carbonyl (C=O) groups excluding carboxylic acids is 1. The smallest absolute Gasteiger partial charge is 0.316 e. The fraction of sp³-hybridized carbons (Fsp3) is 0.267. The Hall–Kier alpha value is -2.12. The summed E-state index contributed by atoms with van der Waals surface area (Å²) in [5.41, 5.74) is 1.17. The molecule has 0 aliphatic rings. The zero-order valence-corrected chi connectivity index (χ0v) is 12.9. The van der Waals surface area contributed by atoms with Gasteiger partial charge in [-0.05, 0) is 5.56 Å². The first-order chi connectivity index (χ1) is 10.7. The molecule has 0 saturated carbocycles. The molecule has 0 saturated heterocycles. The largest absolute Gasteiger partial charge is 0.460 e. The van der Waals surface area contributed by atoms with Crippen molar-refractivity contribution >= 4 is 17.7 Å². The molecule has 1 aromatic carbocycles. The van der Waals surface area contributed by atoms with Crippen LogP contribution in [0.15, 0.2) is 46.3 Å². The summed E-state index contributed by atoms with van der Waals surface area (Å²) in [7, 11) is 1.52. The summed E-state index contributed by atoms with van der Waals surface area (Å²) in [5.74, 6) is -0.291. The second kappa shape index (κ2) is 8.35. The summed E-state index contributed by atoms with van der Waals surface area (Å²) in [6, 6.07) is 10.8. The third-order valence-corrected chi connectivity index (χ3v) is 3.48. The average molecular weight is 320 g/mol. The van der Waals surface area contributed by atoms with Gasteiger partial charge in [0.2, 0.25) is 0 Å². The average Bonchev–Trinajstić information content (AvgIpc) is 2.52. The van der Waals surface area contributed by atoms with E-state index in [-0.39, 0.29) is 30.5 Å². The molecule has 1 N–H and O–H groups in total. The lowest BCUT2D eigenvalue weighted by molar-refractivity contribution is -0.141. The van der Waals surface area contributed by atoms with Crippen LogP contribution in [0.2, 0.25) is 0 Å². The van der Waals surface area contributed by atoms with Crippen molar-refractivity contribution < 1.29 is 14.3 Å². The molecule has 0 unspecified atom stereocenters. The molecule has 22 heavy (non-hydrogen) atoms. The van der Waals surface area contributed by atoms with E-state index in [0.29, 0.717) is 10.9 Å². The number of hydrogen-bond donors (Lipinski definition) is 1. The number of hydrogen-bond acceptors (Lipinski definition) is 6. The molecule has 0 radical (unpaired) electrons. The predicted molar refractivity (Wildman–Crippen MR) is 82.5 cm³/mol. The fourth-order valence-electron chi connectivity index (χ4n) is 1.68. The van der Waals surface area contributed by atoms with Crippen molar-refractivity contribution in [2.75, 3.05) is 12.9 Å². The van der Waals surface area contributed by atoms with Gasteiger partial charge >= 0.3 is 5.97 Å². The summed E-state index contributed by atoms with van der Waals surface area (Å²) in [5, 5.41) is 0.371. The molecule has 0 atom stereocenters. The first-order valence-electron chi connectivity index (χ1n) is 6.59. The van der Waals surface area contributed by atoms with Gasteiger partial charge in [-0.15, -0.1) is 0 Å². The van der Waals surface area contributed by atoms with Crippen LogP contribution in [0.25, 0.3) is 0 Å². The van der Waals surface area contributed by atoms with Crippen LogP contribution in [0.3, 0.4) is 0 Å². The van der Waals surface area contributed by atoms with Gasteiger partial charge in [0.1, 0.15) is 6.61 Å². The highest BCUT2D eigenvalue weighted by Crippen LogP contribution is 2.12. The molecule has 0 aliphatic carbocycles. The Morgan fingerprint density at radius 2 is 2.05 bits per heavy atom. The summed E-state index contributed by atoms with van der Waals surface area (Å²) >= 11 is 1.12. The number of thioether (sulfide) groups is 1. The number of ether oxygens (including phenoxy) is 2. The van der Waals surface area contributed by atoms with Gasteiger partial charge in [0.05, 0.1) is 18.1 Å². The zero-order valence-electron chi connectivity index (χ0n) is 12.1. The topological polar surface area (TPSA) is 81.3 Å². The third-order valence-electron chi connectivity index (χ3n) is 2.63. The molecule has 0 spiro atoms. The van der Waals surface area contributed by atoms with Crippen LogP contribution < -0.4 is 5.56 Å². The van der Waals surface area contributed by atoms with Gasteiger partial charge < -0.3 is 14.5 Å². The minimum absolute atomic E-state index is 0.0756. The Kier molecular flexibility index (Phi) is 6.17. The highest BCUT2D eigenvalue weighted by molar-refractivity contribution is 7.99. The first kappa shape index (κ1) is 16.3. The van der Waals surface area contributed by atoms with E-state index < -0.39 is 0 Å². The van der Waals surface area contributed by atoms with E-state index >= 15 is 0 Å². The Bertz CT molecular complexity index is 673. The molecule has 0 aliphatic heterocycles. The standard InChI is InChI=1S/C15H16N2O4S/c1-20-9-12-7-13(18)17-15(16-12)22-10-14(19)21-8-11-5-3-2-4-6-11/h2-7H,8-10H2,1H3,(H,16,17,18). The second-order valence-electron chi connectivity index (χ2n) is 4.41. The second-order valence-corrected chi connectivity index (χ2v) is 5.37. The molecule has 0 fully saturated rings. The SMILES string of the molecule is COCc1cc(=O)[nH]c(SCC(=O)OCc2ccccc2)n1. The van der Waals surface area contributed by atoms with Crippen LogP contribution in [0, 0.1) is 0 Å². The fourth-order valence-corrected chi connectivity index (χ4v) is 2.37. The number of aromatic nitrogens is 2. The van der Waals surface area contributed by atoms with Crippen LogP contribution in [0.1, 0.15) is 11.3 Å². The first-order valence-corrected chi connectivity index (χ1v) is 7.57. The lowest BCUT2D eigenvalue weighted by Gasteiger charge is -2.05. The van der Waals surface area contributed by atoms with Crippen LogP contribution >= 0.6 is 11.8 Å². The van der Waals surface area contributed by atoms with Crippen LogP contribution in [-0.2, 0) is 27.5 Å². The number of rotatable bonds is 7. The van der Waals surface area contributed by atoms with Crippen LogP contribution in [0.4, 0.5) is 0 Å². The highest BCUT2D eigenvalue weighted by atomic mass is 32.2. The van der Waals surface area contributed by atoms with Crippen molar-refractivity contribution in [1.29, 1.82) is 0 Å². The van der Waals surface area contributed by atoms with Crippen molar-refractivity contribution in [3.63, 3.8) is 0 Å². The van der Waals surface area contributed by atoms with Crippen molar-refractivity contribution in [3.8, 4) is 0 Å². The lowest BCUT2D eigenvalue weighted by atomic mass is 10.2. The third kappa shape index (κ3) is 5.34. The van der Waals surface area contributed by atoms with Crippen molar-refractivity contribution in [1.82, 2.24) is 9.97 Å². The van der Waals surface area contributed by atoms with Crippen molar-refractivity contribution in [3.05, 3.63) is 58.0 Å². The number of nitrogens with one attached hydrogen (secondary N) is 1. The molecule has 2 aromatic rings. The molecular formula is C15H16N2O4S. The molecular weight excluding hydrogens is 304 g/mol. The van der Waals surface area contributed by atoms with Gasteiger partial charge in [0.15, 0.2) is 5.16 Å². The summed E-state index contributed by atoms with van der Waals surface area (Å²) in [4.78, 5) is 29.9. The Labute approximate surface area is 131 Å². The minimum Gasteiger partial charge on any atom is -0.460 e. The molecule has 6 nitrogen and oxygen atoms in total. The van der Waals surface area contributed by atoms with E-state index in [1.165, 1.54) is 13.2 Å². The number of benzene rings is 1. The van der Waals surface area contributed by atoms with Crippen molar-refractivity contribution in [2.45, 2.75) is 18.4 Å². The number of methoxy groups -OCH3 is 1. The molecule has 0 amide bonds. The normalized spacial score (nSPS) is 10.4. The van der Waals surface area contributed by atoms with Gasteiger partial charge in [0, 0.05) is 13.2 Å². The number of aromatic amines is 1. The van der Waals surface area contributed by atoms with E-state index in [1.54, 1.807) is 0 Å². The molecule has 1 heterocycles. The monoisotopic (exact) mass is 320 g/mol. The van der Waals surface area contributed by atoms with Crippen LogP contribution in [0.5, 0.6) is 0 Å². The van der Waals surface area contributed by atoms with Gasteiger partial charge in [-0.2, -0.15) is 0 Å². The quantitative estimate of drug-likeness (QED) is 0.475. The lowest BCUT2D eigenvalue weighted by Crippen LogP contribution is -2.12. The van der Waals surface area contributed by atoms with E-state index in [1.807, 2.05) is 30.3 Å². The van der Waals surface area contributed by atoms with Crippen LogP contribution in [-0.4, -0.2) is 28.8 Å². The molecule has 1 aromatic heterocycles. The maximum absolute atomic E-state index is 11.7. The van der Waals surface area contributed by atoms with Gasteiger partial charge in [-0.3, -0.25) is 9.59 Å². The highest BCUT2D eigenvalue weighted by Gasteiger charge is 2.08. The maximum atomic E-state index is 11.7. The molecule has 116 valence electrons. The Morgan fingerprint density at radius 3 is 2.77 bits per heavy atom. The Morgan fingerprint density at radius 1 is 1.27 bits per heavy atom. The number of H-pyrrole nitrogens is 1. The Balaban J connectivity index is 1.84. The molecule has 2 rings (SSSR count). The summed E-state index contributed by atoms with van der Waals surface area (Å²) in [6.45, 7) is 0.476. The van der Waals surface area contributed by atoms with E-state index in [9.17, 15) is 9.59 Å². The maximum Gasteiger partial charge on any atom is 0.316 e. The van der Waals surface area contributed by atoms with E-state index in [0.717, 1.165) is 17.3 Å². The minimum atomic E-state index is -0.367. The molecule has 7 heteroatoms. The predicted octanol–water partition coefficient (Wildman–Crippen LogP) is 1.75. The molecule has 0 bridgehead atoms. The number of esters is 1. The number of carbonyl (C=O) groups is 1. The summed E-state index contributed by atoms with van der Waals surface area (Å²) in [6.07, 6.45) is 0. The van der Waals surface area contributed by atoms with Gasteiger partial charge in [-0.1, -0.05) is 42.1 Å². The van der Waals surface area contributed by atoms with Crippen molar-refractivity contribution in [2.24, 2.45) is 0 Å².